The first kappa shape index (κ1) is 12.7. The lowest BCUT2D eigenvalue weighted by Gasteiger charge is -2.06. The van der Waals surface area contributed by atoms with E-state index in [1.807, 2.05) is 19.3 Å². The van der Waals surface area contributed by atoms with Crippen LogP contribution in [0.3, 0.4) is 0 Å². The van der Waals surface area contributed by atoms with Crippen molar-refractivity contribution in [3.05, 3.63) is 41.9 Å². The van der Waals surface area contributed by atoms with Crippen LogP contribution < -0.4 is 0 Å². The van der Waals surface area contributed by atoms with Crippen molar-refractivity contribution in [2.45, 2.75) is 33.2 Å². The van der Waals surface area contributed by atoms with Crippen molar-refractivity contribution in [1.29, 1.82) is 0 Å². The second-order valence-corrected chi connectivity index (χ2v) is 4.93. The second-order valence-electron chi connectivity index (χ2n) is 4.93. The highest BCUT2D eigenvalue weighted by molar-refractivity contribution is 5.47. The standard InChI is InChI=1S/C14H18N6/c1-10-12(11(2)19-18-10)4-3-6-20-7-5-16-14(20)13-8-15-9-17-13/h5,7-9H,3-4,6H2,1-2H3,(H,15,17)(H,18,19). The maximum atomic E-state index is 4.38. The third-order valence-electron chi connectivity index (χ3n) is 3.56. The molecule has 3 rings (SSSR count). The molecule has 3 aromatic rings. The van der Waals surface area contributed by atoms with Gasteiger partial charge in [0.1, 0.15) is 5.69 Å². The molecule has 6 heteroatoms. The predicted octanol–water partition coefficient (Wildman–Crippen LogP) is 2.25. The molecule has 20 heavy (non-hydrogen) atoms. The first-order chi connectivity index (χ1) is 9.75. The number of aryl methyl sites for hydroxylation is 3. The van der Waals surface area contributed by atoms with E-state index in [4.69, 9.17) is 0 Å². The lowest BCUT2D eigenvalue weighted by molar-refractivity contribution is 0.644. The molecular formula is C14H18N6. The summed E-state index contributed by atoms with van der Waals surface area (Å²) in [5.74, 6) is 0.933. The number of nitrogens with zero attached hydrogens (tertiary/aromatic N) is 4. The van der Waals surface area contributed by atoms with Crippen LogP contribution >= 0.6 is 0 Å². The van der Waals surface area contributed by atoms with E-state index in [-0.39, 0.29) is 0 Å². The van der Waals surface area contributed by atoms with Crippen LogP contribution in [0.5, 0.6) is 0 Å². The molecule has 3 aromatic heterocycles. The summed E-state index contributed by atoms with van der Waals surface area (Å²) in [5.41, 5.74) is 4.54. The van der Waals surface area contributed by atoms with E-state index < -0.39 is 0 Å². The molecule has 104 valence electrons. The number of aromatic amines is 2. The van der Waals surface area contributed by atoms with Gasteiger partial charge in [-0.2, -0.15) is 5.10 Å². The minimum atomic E-state index is 0.929. The van der Waals surface area contributed by atoms with Crippen LogP contribution in [0.1, 0.15) is 23.4 Å². The second kappa shape index (κ2) is 5.32. The zero-order chi connectivity index (χ0) is 13.9. The van der Waals surface area contributed by atoms with Crippen LogP contribution in [0.15, 0.2) is 24.9 Å². The Balaban J connectivity index is 1.67. The highest BCUT2D eigenvalue weighted by Gasteiger charge is 2.09. The van der Waals surface area contributed by atoms with Crippen molar-refractivity contribution < 1.29 is 0 Å². The highest BCUT2D eigenvalue weighted by atomic mass is 15.1. The number of aromatic nitrogens is 6. The van der Waals surface area contributed by atoms with Gasteiger partial charge in [0.25, 0.3) is 0 Å². The van der Waals surface area contributed by atoms with Crippen molar-refractivity contribution in [2.75, 3.05) is 0 Å². The number of rotatable bonds is 5. The Bertz CT molecular complexity index is 657. The zero-order valence-corrected chi connectivity index (χ0v) is 11.7. The molecule has 0 saturated heterocycles. The molecule has 0 spiro atoms. The maximum Gasteiger partial charge on any atom is 0.158 e. The minimum absolute atomic E-state index is 0.929. The molecule has 0 fully saturated rings. The molecule has 0 aliphatic heterocycles. The van der Waals surface area contributed by atoms with Crippen molar-refractivity contribution in [3.63, 3.8) is 0 Å². The molecule has 6 nitrogen and oxygen atoms in total. The van der Waals surface area contributed by atoms with Gasteiger partial charge >= 0.3 is 0 Å². The first-order valence-corrected chi connectivity index (χ1v) is 6.76. The fourth-order valence-electron chi connectivity index (χ4n) is 2.48. The van der Waals surface area contributed by atoms with Crippen LogP contribution in [0.4, 0.5) is 0 Å². The smallest absolute Gasteiger partial charge is 0.158 e. The Labute approximate surface area is 117 Å². The van der Waals surface area contributed by atoms with Crippen molar-refractivity contribution in [3.8, 4) is 11.5 Å². The largest absolute Gasteiger partial charge is 0.342 e. The Morgan fingerprint density at radius 1 is 1.30 bits per heavy atom. The Kier molecular flexibility index (Phi) is 3.37. The molecule has 0 bridgehead atoms. The van der Waals surface area contributed by atoms with Gasteiger partial charge in [-0.1, -0.05) is 0 Å². The van der Waals surface area contributed by atoms with E-state index in [0.717, 1.165) is 36.6 Å². The third-order valence-corrected chi connectivity index (χ3v) is 3.56. The summed E-state index contributed by atoms with van der Waals surface area (Å²) in [6, 6.07) is 0. The Hall–Kier alpha value is -2.37. The fraction of sp³-hybridized carbons (Fsp3) is 0.357. The maximum absolute atomic E-state index is 4.38. The molecule has 3 heterocycles. The van der Waals surface area contributed by atoms with Gasteiger partial charge < -0.3 is 9.55 Å². The average molecular weight is 270 g/mol. The predicted molar refractivity (Wildman–Crippen MR) is 76.2 cm³/mol. The van der Waals surface area contributed by atoms with Crippen molar-refractivity contribution in [2.24, 2.45) is 0 Å². The summed E-state index contributed by atoms with van der Waals surface area (Å²) in [6.07, 6.45) is 9.37. The summed E-state index contributed by atoms with van der Waals surface area (Å²) < 4.78 is 2.15. The fourth-order valence-corrected chi connectivity index (χ4v) is 2.48. The van der Waals surface area contributed by atoms with E-state index >= 15 is 0 Å². The van der Waals surface area contributed by atoms with Gasteiger partial charge in [0.2, 0.25) is 0 Å². The number of nitrogens with one attached hydrogen (secondary N) is 2. The minimum Gasteiger partial charge on any atom is -0.342 e. The van der Waals surface area contributed by atoms with Crippen LogP contribution in [-0.2, 0) is 13.0 Å². The monoisotopic (exact) mass is 270 g/mol. The molecule has 0 radical (unpaired) electrons. The summed E-state index contributed by atoms with van der Waals surface area (Å²) in [7, 11) is 0. The summed E-state index contributed by atoms with van der Waals surface area (Å²) in [5, 5.41) is 7.26. The topological polar surface area (TPSA) is 75.2 Å². The summed E-state index contributed by atoms with van der Waals surface area (Å²) >= 11 is 0. The van der Waals surface area contributed by atoms with Crippen LogP contribution in [0.2, 0.25) is 0 Å². The van der Waals surface area contributed by atoms with E-state index in [1.54, 1.807) is 12.5 Å². The molecule has 0 amide bonds. The number of hydrogen-bond acceptors (Lipinski definition) is 3. The van der Waals surface area contributed by atoms with Gasteiger partial charge in [-0.25, -0.2) is 9.97 Å². The number of imidazole rings is 2. The van der Waals surface area contributed by atoms with Gasteiger partial charge in [0, 0.05) is 24.6 Å². The number of hydrogen-bond donors (Lipinski definition) is 2. The van der Waals surface area contributed by atoms with Gasteiger partial charge in [-0.3, -0.25) is 5.10 Å². The molecular weight excluding hydrogens is 252 g/mol. The van der Waals surface area contributed by atoms with E-state index in [2.05, 4.69) is 36.6 Å². The van der Waals surface area contributed by atoms with Crippen LogP contribution in [-0.4, -0.2) is 29.7 Å². The molecule has 0 atom stereocenters. The van der Waals surface area contributed by atoms with E-state index in [9.17, 15) is 0 Å². The quantitative estimate of drug-likeness (QED) is 0.746. The molecule has 0 unspecified atom stereocenters. The van der Waals surface area contributed by atoms with E-state index in [1.165, 1.54) is 11.3 Å². The zero-order valence-electron chi connectivity index (χ0n) is 11.7. The molecule has 0 aromatic carbocycles. The molecule has 0 saturated carbocycles. The Morgan fingerprint density at radius 3 is 2.90 bits per heavy atom. The normalized spacial score (nSPS) is 11.1. The lowest BCUT2D eigenvalue weighted by atomic mass is 10.1. The van der Waals surface area contributed by atoms with Gasteiger partial charge in [-0.15, -0.1) is 0 Å². The molecule has 2 N–H and O–H groups in total. The van der Waals surface area contributed by atoms with Gasteiger partial charge in [-0.05, 0) is 32.3 Å². The Morgan fingerprint density at radius 2 is 2.20 bits per heavy atom. The lowest BCUT2D eigenvalue weighted by Crippen LogP contribution is -2.02. The van der Waals surface area contributed by atoms with Crippen LogP contribution in [0, 0.1) is 13.8 Å². The van der Waals surface area contributed by atoms with Crippen LogP contribution in [0.25, 0.3) is 11.5 Å². The third kappa shape index (κ3) is 2.36. The molecule has 0 aliphatic rings. The summed E-state index contributed by atoms with van der Waals surface area (Å²) in [6.45, 7) is 5.05. The SMILES string of the molecule is Cc1n[nH]c(C)c1CCCn1ccnc1-c1cnc[nH]1. The van der Waals surface area contributed by atoms with Crippen molar-refractivity contribution in [1.82, 2.24) is 29.7 Å². The van der Waals surface area contributed by atoms with Gasteiger partial charge in [0.15, 0.2) is 5.82 Å². The average Bonchev–Trinajstić information content (AvgIpc) is 3.14. The highest BCUT2D eigenvalue weighted by Crippen LogP contribution is 2.16. The number of H-pyrrole nitrogens is 2. The van der Waals surface area contributed by atoms with E-state index in [0.29, 0.717) is 0 Å². The van der Waals surface area contributed by atoms with Gasteiger partial charge in [0.05, 0.1) is 18.2 Å². The van der Waals surface area contributed by atoms with Crippen molar-refractivity contribution >= 4 is 0 Å². The molecule has 0 aliphatic carbocycles. The summed E-state index contributed by atoms with van der Waals surface area (Å²) in [4.78, 5) is 11.5. The first-order valence-electron chi connectivity index (χ1n) is 6.76.